The highest BCUT2D eigenvalue weighted by Gasteiger charge is 2.17. The Morgan fingerprint density at radius 2 is 2.27 bits per heavy atom. The van der Waals surface area contributed by atoms with Crippen LogP contribution in [0.5, 0.6) is 0 Å². The van der Waals surface area contributed by atoms with Crippen molar-refractivity contribution in [2.75, 3.05) is 6.61 Å². The van der Waals surface area contributed by atoms with Gasteiger partial charge in [0, 0.05) is 0 Å². The van der Waals surface area contributed by atoms with Crippen LogP contribution in [0.15, 0.2) is 12.5 Å². The molecule has 1 aromatic heterocycles. The van der Waals surface area contributed by atoms with E-state index in [9.17, 15) is 5.11 Å². The van der Waals surface area contributed by atoms with E-state index in [0.717, 1.165) is 0 Å². The minimum Gasteiger partial charge on any atom is -0.394 e. The lowest BCUT2D eigenvalue weighted by molar-refractivity contribution is -0.0171. The van der Waals surface area contributed by atoms with Gasteiger partial charge in [-0.3, -0.25) is 0 Å². The first-order chi connectivity index (χ1) is 5.25. The number of imidazole rings is 1. The molecule has 0 amide bonds. The molecule has 1 aromatic rings. The van der Waals surface area contributed by atoms with E-state index in [1.165, 1.54) is 12.5 Å². The summed E-state index contributed by atoms with van der Waals surface area (Å²) in [6, 6.07) is 0. The van der Waals surface area contributed by atoms with Gasteiger partial charge in [-0.05, 0) is 0 Å². The second-order valence-corrected chi connectivity index (χ2v) is 2.20. The second-order valence-electron chi connectivity index (χ2n) is 2.20. The molecule has 11 heavy (non-hydrogen) atoms. The van der Waals surface area contributed by atoms with Gasteiger partial charge in [0.05, 0.1) is 24.8 Å². The molecule has 0 fully saturated rings. The van der Waals surface area contributed by atoms with Gasteiger partial charge in [-0.2, -0.15) is 0 Å². The van der Waals surface area contributed by atoms with E-state index in [-0.39, 0.29) is 0 Å². The number of nitrogens with one attached hydrogen (secondary N) is 1. The van der Waals surface area contributed by atoms with Crippen molar-refractivity contribution in [3.63, 3.8) is 0 Å². The van der Waals surface area contributed by atoms with Gasteiger partial charge in [0.1, 0.15) is 12.2 Å². The average Bonchev–Trinajstić information content (AvgIpc) is 2.53. The molecule has 5 nitrogen and oxygen atoms in total. The molecule has 5 heteroatoms. The first-order valence-electron chi connectivity index (χ1n) is 3.21. The van der Waals surface area contributed by atoms with E-state index in [1.807, 2.05) is 0 Å². The highest BCUT2D eigenvalue weighted by atomic mass is 16.4. The van der Waals surface area contributed by atoms with Crippen molar-refractivity contribution in [3.05, 3.63) is 18.2 Å². The Morgan fingerprint density at radius 3 is 2.73 bits per heavy atom. The molecule has 0 aromatic carbocycles. The lowest BCUT2D eigenvalue weighted by atomic mass is 10.2. The fraction of sp³-hybridized carbons (Fsp3) is 0.500. The number of aromatic nitrogens is 2. The van der Waals surface area contributed by atoms with Gasteiger partial charge in [-0.15, -0.1) is 0 Å². The zero-order valence-electron chi connectivity index (χ0n) is 5.81. The van der Waals surface area contributed by atoms with Crippen molar-refractivity contribution in [3.8, 4) is 0 Å². The Kier molecular flexibility index (Phi) is 2.58. The van der Waals surface area contributed by atoms with Crippen LogP contribution in [0.4, 0.5) is 0 Å². The molecule has 62 valence electrons. The van der Waals surface area contributed by atoms with Gasteiger partial charge < -0.3 is 20.3 Å². The maximum atomic E-state index is 9.20. The Morgan fingerprint density at radius 1 is 1.55 bits per heavy atom. The average molecular weight is 158 g/mol. The molecule has 0 bridgehead atoms. The molecular weight excluding hydrogens is 148 g/mol. The predicted octanol–water partition coefficient (Wildman–Crippen LogP) is -1.20. The Balaban J connectivity index is 2.62. The lowest BCUT2D eigenvalue weighted by Gasteiger charge is -2.12. The van der Waals surface area contributed by atoms with E-state index in [2.05, 4.69) is 9.97 Å². The van der Waals surface area contributed by atoms with Crippen molar-refractivity contribution in [2.24, 2.45) is 0 Å². The van der Waals surface area contributed by atoms with Crippen molar-refractivity contribution < 1.29 is 15.3 Å². The Hall–Kier alpha value is -0.910. The van der Waals surface area contributed by atoms with Crippen LogP contribution in [-0.4, -0.2) is 38.0 Å². The van der Waals surface area contributed by atoms with Crippen molar-refractivity contribution in [1.29, 1.82) is 0 Å². The van der Waals surface area contributed by atoms with Crippen LogP contribution in [0.3, 0.4) is 0 Å². The van der Waals surface area contributed by atoms with E-state index in [1.54, 1.807) is 0 Å². The van der Waals surface area contributed by atoms with Crippen LogP contribution in [0.1, 0.15) is 11.8 Å². The third-order valence-corrected chi connectivity index (χ3v) is 1.39. The van der Waals surface area contributed by atoms with Crippen molar-refractivity contribution >= 4 is 0 Å². The summed E-state index contributed by atoms with van der Waals surface area (Å²) >= 11 is 0. The van der Waals surface area contributed by atoms with Gasteiger partial charge in [0.15, 0.2) is 0 Å². The zero-order valence-corrected chi connectivity index (χ0v) is 5.81. The highest BCUT2D eigenvalue weighted by molar-refractivity contribution is 5.00. The molecule has 4 N–H and O–H groups in total. The number of nitrogens with zero attached hydrogens (tertiary/aromatic N) is 1. The summed E-state index contributed by atoms with van der Waals surface area (Å²) in [7, 11) is 0. The van der Waals surface area contributed by atoms with E-state index < -0.39 is 18.8 Å². The Labute approximate surface area is 63.3 Å². The molecule has 0 saturated carbocycles. The number of H-pyrrole nitrogens is 1. The van der Waals surface area contributed by atoms with Gasteiger partial charge >= 0.3 is 0 Å². The molecule has 0 unspecified atom stereocenters. The minimum absolute atomic E-state index is 0.395. The molecule has 0 saturated heterocycles. The van der Waals surface area contributed by atoms with E-state index >= 15 is 0 Å². The maximum absolute atomic E-state index is 9.20. The summed E-state index contributed by atoms with van der Waals surface area (Å²) < 4.78 is 0. The zero-order chi connectivity index (χ0) is 8.27. The molecule has 0 aliphatic heterocycles. The molecule has 1 rings (SSSR count). The molecular formula is C6H10N2O3. The fourth-order valence-electron chi connectivity index (χ4n) is 0.735. The number of hydrogen-bond donors (Lipinski definition) is 4. The topological polar surface area (TPSA) is 89.4 Å². The highest BCUT2D eigenvalue weighted by Crippen LogP contribution is 2.12. The molecule has 2 atom stereocenters. The lowest BCUT2D eigenvalue weighted by Crippen LogP contribution is -2.22. The Bertz CT molecular complexity index is 200. The minimum atomic E-state index is -1.16. The molecule has 0 radical (unpaired) electrons. The van der Waals surface area contributed by atoms with E-state index in [4.69, 9.17) is 10.2 Å². The molecule has 0 aliphatic rings. The number of aliphatic hydroxyl groups excluding tert-OH is 3. The largest absolute Gasteiger partial charge is 0.394 e. The van der Waals surface area contributed by atoms with Gasteiger partial charge in [-0.25, -0.2) is 4.98 Å². The quantitative estimate of drug-likeness (QED) is 0.444. The first kappa shape index (κ1) is 8.19. The normalized spacial score (nSPS) is 16.3. The van der Waals surface area contributed by atoms with Crippen LogP contribution in [0.25, 0.3) is 0 Å². The molecule has 1 heterocycles. The van der Waals surface area contributed by atoms with Crippen LogP contribution < -0.4 is 0 Å². The van der Waals surface area contributed by atoms with Crippen LogP contribution in [0.2, 0.25) is 0 Å². The second kappa shape index (κ2) is 3.47. The number of aliphatic hydroxyl groups is 3. The summed E-state index contributed by atoms with van der Waals surface area (Å²) in [6.45, 7) is -0.472. The van der Waals surface area contributed by atoms with Crippen molar-refractivity contribution in [1.82, 2.24) is 9.97 Å². The van der Waals surface area contributed by atoms with Crippen LogP contribution in [-0.2, 0) is 0 Å². The summed E-state index contributed by atoms with van der Waals surface area (Å²) in [5.74, 6) is 0. The fourth-order valence-corrected chi connectivity index (χ4v) is 0.735. The summed E-state index contributed by atoms with van der Waals surface area (Å²) in [5, 5.41) is 26.6. The third kappa shape index (κ3) is 1.76. The van der Waals surface area contributed by atoms with Crippen LogP contribution in [0, 0.1) is 0 Å². The van der Waals surface area contributed by atoms with Gasteiger partial charge in [0.2, 0.25) is 0 Å². The summed E-state index contributed by atoms with van der Waals surface area (Å²) in [6.07, 6.45) is 0.532. The predicted molar refractivity (Wildman–Crippen MR) is 36.6 cm³/mol. The smallest absolute Gasteiger partial charge is 0.123 e. The third-order valence-electron chi connectivity index (χ3n) is 1.39. The number of aromatic amines is 1. The summed E-state index contributed by atoms with van der Waals surface area (Å²) in [4.78, 5) is 6.27. The number of hydrogen-bond acceptors (Lipinski definition) is 4. The molecule has 0 spiro atoms. The maximum Gasteiger partial charge on any atom is 0.123 e. The summed E-state index contributed by atoms with van der Waals surface area (Å²) in [5.41, 5.74) is 0.395. The number of rotatable bonds is 3. The molecule has 0 aliphatic carbocycles. The van der Waals surface area contributed by atoms with Gasteiger partial charge in [0.25, 0.3) is 0 Å². The standard InChI is InChI=1S/C6H10N2O3/c9-2-5(10)6(11)4-1-7-3-8-4/h1,3,5-6,9-11H,2H2,(H,7,8)/t5-,6-/m1/s1. The SMILES string of the molecule is OC[C@@H](O)[C@H](O)c1cnc[nH]1. The van der Waals surface area contributed by atoms with Crippen molar-refractivity contribution in [2.45, 2.75) is 12.2 Å². The first-order valence-corrected chi connectivity index (χ1v) is 3.21. The van der Waals surface area contributed by atoms with Crippen LogP contribution >= 0.6 is 0 Å². The van der Waals surface area contributed by atoms with Gasteiger partial charge in [-0.1, -0.05) is 0 Å². The van der Waals surface area contributed by atoms with E-state index in [0.29, 0.717) is 5.69 Å². The monoisotopic (exact) mass is 158 g/mol.